The Morgan fingerprint density at radius 2 is 2.14 bits per heavy atom. The van der Waals surface area contributed by atoms with E-state index in [0.717, 1.165) is 19.4 Å². The fourth-order valence-corrected chi connectivity index (χ4v) is 3.89. The van der Waals surface area contributed by atoms with Crippen LogP contribution in [0.4, 0.5) is 4.79 Å². The van der Waals surface area contributed by atoms with Crippen LogP contribution in [-0.2, 0) is 4.74 Å². The molecule has 5 heteroatoms. The van der Waals surface area contributed by atoms with Gasteiger partial charge >= 0.3 is 6.03 Å². The maximum Gasteiger partial charge on any atom is 0.315 e. The average molecular weight is 298 g/mol. The molecule has 2 saturated carbocycles. The van der Waals surface area contributed by atoms with Crippen molar-refractivity contribution >= 4 is 6.03 Å². The van der Waals surface area contributed by atoms with Crippen molar-refractivity contribution in [3.05, 3.63) is 0 Å². The number of carbonyl (C=O) groups is 1. The van der Waals surface area contributed by atoms with Crippen LogP contribution in [-0.4, -0.2) is 43.0 Å². The Hall–Kier alpha value is -0.810. The second-order valence-electron chi connectivity index (χ2n) is 6.64. The molecule has 3 atom stereocenters. The molecule has 0 aliphatic heterocycles. The molecule has 0 aromatic rings. The SMILES string of the molecule is CCOC1CC(NC(=O)NCC(C)CCO)C12CCCC2. The van der Waals surface area contributed by atoms with Gasteiger partial charge in [0.1, 0.15) is 0 Å². The van der Waals surface area contributed by atoms with E-state index in [1.165, 1.54) is 25.7 Å². The molecule has 0 aromatic heterocycles. The van der Waals surface area contributed by atoms with Crippen molar-refractivity contribution in [3.8, 4) is 0 Å². The molecule has 2 rings (SSSR count). The number of nitrogens with one attached hydrogen (secondary N) is 2. The van der Waals surface area contributed by atoms with E-state index in [2.05, 4.69) is 10.6 Å². The molecule has 1 spiro atoms. The fourth-order valence-electron chi connectivity index (χ4n) is 3.89. The number of hydrogen-bond acceptors (Lipinski definition) is 3. The lowest BCUT2D eigenvalue weighted by Crippen LogP contribution is -2.64. The lowest BCUT2D eigenvalue weighted by Gasteiger charge is -2.54. The molecule has 0 heterocycles. The summed E-state index contributed by atoms with van der Waals surface area (Å²) in [6, 6.07) is 0.177. The van der Waals surface area contributed by atoms with Gasteiger partial charge in [-0.3, -0.25) is 0 Å². The molecular weight excluding hydrogens is 268 g/mol. The maximum atomic E-state index is 12.0. The number of aliphatic hydroxyl groups excluding tert-OH is 1. The van der Waals surface area contributed by atoms with Gasteiger partial charge in [-0.25, -0.2) is 4.79 Å². The zero-order valence-electron chi connectivity index (χ0n) is 13.4. The molecule has 0 aromatic carbocycles. The summed E-state index contributed by atoms with van der Waals surface area (Å²) in [6.45, 7) is 5.61. The highest BCUT2D eigenvalue weighted by Crippen LogP contribution is 2.54. The number of urea groups is 1. The molecule has 0 radical (unpaired) electrons. The Kier molecular flexibility index (Phi) is 5.88. The number of aliphatic hydroxyl groups is 1. The Bertz CT molecular complexity index is 342. The predicted molar refractivity (Wildman–Crippen MR) is 82.1 cm³/mol. The quantitative estimate of drug-likeness (QED) is 0.673. The van der Waals surface area contributed by atoms with Crippen LogP contribution in [0.15, 0.2) is 0 Å². The van der Waals surface area contributed by atoms with E-state index in [1.54, 1.807) is 0 Å². The van der Waals surface area contributed by atoms with Crippen LogP contribution in [0.1, 0.15) is 52.4 Å². The van der Waals surface area contributed by atoms with Gasteiger partial charge in [0, 0.05) is 31.2 Å². The molecule has 2 aliphatic rings. The highest BCUT2D eigenvalue weighted by molar-refractivity contribution is 5.74. The van der Waals surface area contributed by atoms with Gasteiger partial charge in [0.05, 0.1) is 6.10 Å². The van der Waals surface area contributed by atoms with E-state index in [4.69, 9.17) is 9.84 Å². The van der Waals surface area contributed by atoms with Gasteiger partial charge < -0.3 is 20.5 Å². The zero-order valence-corrected chi connectivity index (χ0v) is 13.4. The third kappa shape index (κ3) is 3.69. The molecule has 21 heavy (non-hydrogen) atoms. The van der Waals surface area contributed by atoms with Crippen LogP contribution in [0.2, 0.25) is 0 Å². The number of carbonyl (C=O) groups excluding carboxylic acids is 1. The molecule has 122 valence electrons. The molecule has 3 unspecified atom stereocenters. The topological polar surface area (TPSA) is 70.6 Å². The van der Waals surface area contributed by atoms with Crippen molar-refractivity contribution in [2.45, 2.75) is 64.5 Å². The van der Waals surface area contributed by atoms with Gasteiger partial charge in [0.15, 0.2) is 0 Å². The second kappa shape index (κ2) is 7.45. The van der Waals surface area contributed by atoms with E-state index in [0.29, 0.717) is 18.6 Å². The van der Waals surface area contributed by atoms with E-state index in [9.17, 15) is 4.79 Å². The Labute approximate surface area is 127 Å². The number of amides is 2. The first-order valence-corrected chi connectivity index (χ1v) is 8.39. The molecule has 2 fully saturated rings. The van der Waals surface area contributed by atoms with Gasteiger partial charge in [-0.2, -0.15) is 0 Å². The summed E-state index contributed by atoms with van der Waals surface area (Å²) in [5, 5.41) is 14.9. The molecule has 3 N–H and O–H groups in total. The summed E-state index contributed by atoms with van der Waals surface area (Å²) in [4.78, 5) is 12.0. The van der Waals surface area contributed by atoms with Crippen LogP contribution in [0.25, 0.3) is 0 Å². The molecule has 5 nitrogen and oxygen atoms in total. The van der Waals surface area contributed by atoms with Crippen LogP contribution in [0, 0.1) is 11.3 Å². The first-order valence-electron chi connectivity index (χ1n) is 8.39. The summed E-state index contributed by atoms with van der Waals surface area (Å²) in [7, 11) is 0. The molecular formula is C16H30N2O3. The highest BCUT2D eigenvalue weighted by Gasteiger charge is 2.57. The summed E-state index contributed by atoms with van der Waals surface area (Å²) < 4.78 is 5.86. The molecule has 0 bridgehead atoms. The van der Waals surface area contributed by atoms with Crippen LogP contribution < -0.4 is 10.6 Å². The van der Waals surface area contributed by atoms with Crippen molar-refractivity contribution in [3.63, 3.8) is 0 Å². The summed E-state index contributed by atoms with van der Waals surface area (Å²) >= 11 is 0. The fraction of sp³-hybridized carbons (Fsp3) is 0.938. The predicted octanol–water partition coefficient (Wildman–Crippen LogP) is 2.04. The van der Waals surface area contributed by atoms with Crippen LogP contribution in [0.3, 0.4) is 0 Å². The standard InChI is InChI=1S/C16H30N2O3/c1-3-21-14-10-13(16(14)7-4-5-8-16)18-15(20)17-11-12(2)6-9-19/h12-14,19H,3-11H2,1-2H3,(H2,17,18,20). The van der Waals surface area contributed by atoms with Crippen molar-refractivity contribution in [1.29, 1.82) is 0 Å². The van der Waals surface area contributed by atoms with Crippen molar-refractivity contribution in [1.82, 2.24) is 10.6 Å². The number of hydrogen-bond donors (Lipinski definition) is 3. The maximum absolute atomic E-state index is 12.0. The summed E-state index contributed by atoms with van der Waals surface area (Å²) in [5.74, 6) is 0.304. The minimum Gasteiger partial charge on any atom is -0.396 e. The minimum absolute atomic E-state index is 0.0778. The van der Waals surface area contributed by atoms with Gasteiger partial charge in [-0.15, -0.1) is 0 Å². The van der Waals surface area contributed by atoms with E-state index < -0.39 is 0 Å². The molecule has 0 saturated heterocycles. The van der Waals surface area contributed by atoms with Crippen molar-refractivity contribution in [2.24, 2.45) is 11.3 Å². The zero-order chi connectivity index (χ0) is 15.3. The highest BCUT2D eigenvalue weighted by atomic mass is 16.5. The Morgan fingerprint density at radius 1 is 1.43 bits per heavy atom. The van der Waals surface area contributed by atoms with Gasteiger partial charge in [-0.1, -0.05) is 19.8 Å². The molecule has 2 aliphatic carbocycles. The number of rotatable bonds is 7. The Morgan fingerprint density at radius 3 is 2.76 bits per heavy atom. The minimum atomic E-state index is -0.0778. The van der Waals surface area contributed by atoms with Crippen molar-refractivity contribution in [2.75, 3.05) is 19.8 Å². The van der Waals surface area contributed by atoms with Gasteiger partial charge in [0.25, 0.3) is 0 Å². The monoisotopic (exact) mass is 298 g/mol. The summed E-state index contributed by atoms with van der Waals surface area (Å²) in [5.41, 5.74) is 0.185. The van der Waals surface area contributed by atoms with Crippen molar-refractivity contribution < 1.29 is 14.6 Å². The third-order valence-electron chi connectivity index (χ3n) is 5.23. The first kappa shape index (κ1) is 16.6. The van der Waals surface area contributed by atoms with E-state index in [1.807, 2.05) is 13.8 Å². The van der Waals surface area contributed by atoms with Gasteiger partial charge in [0.2, 0.25) is 0 Å². The van der Waals surface area contributed by atoms with E-state index >= 15 is 0 Å². The average Bonchev–Trinajstić information content (AvgIpc) is 2.97. The van der Waals surface area contributed by atoms with E-state index in [-0.39, 0.29) is 24.1 Å². The number of ether oxygens (including phenoxy) is 1. The normalized spacial score (nSPS) is 28.1. The first-order chi connectivity index (χ1) is 10.1. The summed E-state index contributed by atoms with van der Waals surface area (Å²) in [6.07, 6.45) is 6.82. The lowest BCUT2D eigenvalue weighted by atomic mass is 9.60. The Balaban J connectivity index is 1.78. The lowest BCUT2D eigenvalue weighted by molar-refractivity contribution is -0.126. The van der Waals surface area contributed by atoms with Crippen LogP contribution in [0.5, 0.6) is 0 Å². The second-order valence-corrected chi connectivity index (χ2v) is 6.64. The van der Waals surface area contributed by atoms with Gasteiger partial charge in [-0.05, 0) is 38.5 Å². The van der Waals surface area contributed by atoms with Crippen LogP contribution >= 0.6 is 0 Å². The smallest absolute Gasteiger partial charge is 0.315 e. The largest absolute Gasteiger partial charge is 0.396 e. The molecule has 2 amide bonds. The third-order valence-corrected chi connectivity index (χ3v) is 5.23.